The second kappa shape index (κ2) is 4.49. The third-order valence-electron chi connectivity index (χ3n) is 3.28. The van der Waals surface area contributed by atoms with Crippen LogP contribution in [-0.4, -0.2) is 42.3 Å². The molecule has 2 rings (SSSR count). The highest BCUT2D eigenvalue weighted by atomic mass is 16.5. The van der Waals surface area contributed by atoms with Crippen LogP contribution in [0.2, 0.25) is 0 Å². The maximum absolute atomic E-state index is 11.9. The van der Waals surface area contributed by atoms with Crippen molar-refractivity contribution < 1.29 is 9.53 Å². The Kier molecular flexibility index (Phi) is 3.26. The largest absolute Gasteiger partial charge is 0.376 e. The molecule has 2 heterocycles. The highest BCUT2D eigenvalue weighted by Crippen LogP contribution is 2.19. The molecule has 0 radical (unpaired) electrons. The number of amides is 1. The monoisotopic (exact) mass is 212 g/mol. The molecule has 1 N–H and O–H groups in total. The number of nitrogens with zero attached hydrogens (tertiary/aromatic N) is 1. The highest BCUT2D eigenvalue weighted by molar-refractivity contribution is 5.83. The minimum Gasteiger partial charge on any atom is -0.376 e. The van der Waals surface area contributed by atoms with Crippen LogP contribution in [0.3, 0.4) is 0 Å². The summed E-state index contributed by atoms with van der Waals surface area (Å²) in [6.07, 6.45) is 3.65. The van der Waals surface area contributed by atoms with Gasteiger partial charge in [-0.25, -0.2) is 0 Å². The van der Waals surface area contributed by atoms with Gasteiger partial charge in [0.05, 0.1) is 18.3 Å². The van der Waals surface area contributed by atoms with Gasteiger partial charge in [-0.05, 0) is 26.2 Å². The zero-order chi connectivity index (χ0) is 10.8. The van der Waals surface area contributed by atoms with Crippen molar-refractivity contribution in [2.75, 3.05) is 13.2 Å². The molecular formula is C11H20N2O2. The van der Waals surface area contributed by atoms with Crippen molar-refractivity contribution in [1.82, 2.24) is 10.2 Å². The SMILES string of the molecule is CCC1NC(C)C(=O)N1CC1CCCO1. The van der Waals surface area contributed by atoms with E-state index in [-0.39, 0.29) is 24.2 Å². The van der Waals surface area contributed by atoms with Gasteiger partial charge in [0.2, 0.25) is 5.91 Å². The van der Waals surface area contributed by atoms with E-state index in [0.29, 0.717) is 0 Å². The lowest BCUT2D eigenvalue weighted by atomic mass is 10.2. The molecule has 3 atom stereocenters. The first-order valence-corrected chi connectivity index (χ1v) is 5.90. The summed E-state index contributed by atoms with van der Waals surface area (Å²) in [6, 6.07) is -0.0312. The molecule has 0 spiro atoms. The van der Waals surface area contributed by atoms with Crippen LogP contribution in [0.25, 0.3) is 0 Å². The van der Waals surface area contributed by atoms with Gasteiger partial charge in [-0.15, -0.1) is 0 Å². The van der Waals surface area contributed by atoms with Crippen LogP contribution in [0, 0.1) is 0 Å². The molecule has 4 nitrogen and oxygen atoms in total. The molecule has 2 aliphatic rings. The van der Waals surface area contributed by atoms with Crippen molar-refractivity contribution in [3.05, 3.63) is 0 Å². The van der Waals surface area contributed by atoms with Crippen LogP contribution in [-0.2, 0) is 9.53 Å². The van der Waals surface area contributed by atoms with E-state index in [1.807, 2.05) is 11.8 Å². The molecule has 0 aromatic carbocycles. The van der Waals surface area contributed by atoms with Crippen molar-refractivity contribution in [3.8, 4) is 0 Å². The lowest BCUT2D eigenvalue weighted by molar-refractivity contribution is -0.131. The Morgan fingerprint density at radius 1 is 1.60 bits per heavy atom. The first-order chi connectivity index (χ1) is 7.22. The summed E-state index contributed by atoms with van der Waals surface area (Å²) >= 11 is 0. The quantitative estimate of drug-likeness (QED) is 0.749. The van der Waals surface area contributed by atoms with Gasteiger partial charge < -0.3 is 9.64 Å². The van der Waals surface area contributed by atoms with Gasteiger partial charge in [-0.2, -0.15) is 0 Å². The van der Waals surface area contributed by atoms with Crippen molar-refractivity contribution >= 4 is 5.91 Å². The second-order valence-corrected chi connectivity index (χ2v) is 4.44. The molecule has 2 fully saturated rings. The molecule has 15 heavy (non-hydrogen) atoms. The molecule has 0 aliphatic carbocycles. The molecule has 0 aromatic heterocycles. The fourth-order valence-electron chi connectivity index (χ4n) is 2.42. The summed E-state index contributed by atoms with van der Waals surface area (Å²) < 4.78 is 5.57. The first-order valence-electron chi connectivity index (χ1n) is 5.90. The van der Waals surface area contributed by atoms with Gasteiger partial charge in [-0.1, -0.05) is 6.92 Å². The molecule has 86 valence electrons. The molecule has 0 saturated carbocycles. The Hall–Kier alpha value is -0.610. The zero-order valence-corrected chi connectivity index (χ0v) is 9.53. The standard InChI is InChI=1S/C11H20N2O2/c1-3-10-12-8(2)11(14)13(10)7-9-5-4-6-15-9/h8-10,12H,3-7H2,1-2H3. The normalized spacial score (nSPS) is 36.5. The lowest BCUT2D eigenvalue weighted by Crippen LogP contribution is -2.41. The van der Waals surface area contributed by atoms with E-state index in [2.05, 4.69) is 12.2 Å². The number of carbonyl (C=O) groups is 1. The molecule has 0 bridgehead atoms. The molecule has 2 saturated heterocycles. The Bertz CT molecular complexity index is 239. The van der Waals surface area contributed by atoms with Gasteiger partial charge in [-0.3, -0.25) is 10.1 Å². The van der Waals surface area contributed by atoms with E-state index in [9.17, 15) is 4.79 Å². The Morgan fingerprint density at radius 2 is 2.40 bits per heavy atom. The minimum absolute atomic E-state index is 0.0312. The Morgan fingerprint density at radius 3 is 3.00 bits per heavy atom. The number of rotatable bonds is 3. The van der Waals surface area contributed by atoms with Crippen molar-refractivity contribution in [3.63, 3.8) is 0 Å². The Labute approximate surface area is 91.0 Å². The van der Waals surface area contributed by atoms with E-state index in [1.54, 1.807) is 0 Å². The van der Waals surface area contributed by atoms with Crippen LogP contribution in [0.4, 0.5) is 0 Å². The van der Waals surface area contributed by atoms with Gasteiger partial charge in [0.15, 0.2) is 0 Å². The minimum atomic E-state index is -0.0312. The number of ether oxygens (including phenoxy) is 1. The summed E-state index contributed by atoms with van der Waals surface area (Å²) in [4.78, 5) is 13.8. The van der Waals surface area contributed by atoms with Crippen LogP contribution in [0.15, 0.2) is 0 Å². The summed E-state index contributed by atoms with van der Waals surface area (Å²) in [5.41, 5.74) is 0. The molecule has 2 aliphatic heterocycles. The summed E-state index contributed by atoms with van der Waals surface area (Å²) in [5.74, 6) is 0.220. The number of hydrogen-bond donors (Lipinski definition) is 1. The number of hydrogen-bond acceptors (Lipinski definition) is 3. The van der Waals surface area contributed by atoms with E-state index in [4.69, 9.17) is 4.74 Å². The van der Waals surface area contributed by atoms with Crippen LogP contribution in [0.5, 0.6) is 0 Å². The van der Waals surface area contributed by atoms with E-state index in [0.717, 1.165) is 32.4 Å². The van der Waals surface area contributed by atoms with Crippen molar-refractivity contribution in [2.45, 2.75) is 51.4 Å². The third-order valence-corrected chi connectivity index (χ3v) is 3.28. The fraction of sp³-hybridized carbons (Fsp3) is 0.909. The summed E-state index contributed by atoms with van der Waals surface area (Å²) in [7, 11) is 0. The second-order valence-electron chi connectivity index (χ2n) is 4.44. The zero-order valence-electron chi connectivity index (χ0n) is 9.53. The average molecular weight is 212 g/mol. The first kappa shape index (κ1) is 10.9. The van der Waals surface area contributed by atoms with Gasteiger partial charge in [0.1, 0.15) is 0 Å². The number of nitrogens with one attached hydrogen (secondary N) is 1. The van der Waals surface area contributed by atoms with Crippen molar-refractivity contribution in [2.24, 2.45) is 0 Å². The summed E-state index contributed by atoms with van der Waals surface area (Å²) in [5, 5.41) is 3.30. The molecule has 1 amide bonds. The van der Waals surface area contributed by atoms with E-state index < -0.39 is 0 Å². The topological polar surface area (TPSA) is 41.6 Å². The summed E-state index contributed by atoms with van der Waals surface area (Å²) in [6.45, 7) is 5.65. The van der Waals surface area contributed by atoms with Gasteiger partial charge in [0, 0.05) is 13.2 Å². The van der Waals surface area contributed by atoms with E-state index in [1.165, 1.54) is 0 Å². The number of carbonyl (C=O) groups excluding carboxylic acids is 1. The van der Waals surface area contributed by atoms with Crippen molar-refractivity contribution in [1.29, 1.82) is 0 Å². The molecule has 3 unspecified atom stereocenters. The average Bonchev–Trinajstić information content (AvgIpc) is 2.82. The predicted molar refractivity (Wildman–Crippen MR) is 57.4 cm³/mol. The van der Waals surface area contributed by atoms with Crippen LogP contribution >= 0.6 is 0 Å². The lowest BCUT2D eigenvalue weighted by Gasteiger charge is -2.25. The van der Waals surface area contributed by atoms with Crippen LogP contribution < -0.4 is 5.32 Å². The smallest absolute Gasteiger partial charge is 0.240 e. The maximum Gasteiger partial charge on any atom is 0.240 e. The third kappa shape index (κ3) is 2.16. The molecule has 0 aromatic rings. The highest BCUT2D eigenvalue weighted by Gasteiger charge is 2.36. The molecule has 4 heteroatoms. The molecular weight excluding hydrogens is 192 g/mol. The Balaban J connectivity index is 1.95. The predicted octanol–water partition coefficient (Wildman–Crippen LogP) is 0.722. The fourth-order valence-corrected chi connectivity index (χ4v) is 2.42. The maximum atomic E-state index is 11.9. The van der Waals surface area contributed by atoms with Gasteiger partial charge in [0.25, 0.3) is 0 Å². The van der Waals surface area contributed by atoms with Crippen LogP contribution in [0.1, 0.15) is 33.1 Å². The van der Waals surface area contributed by atoms with Gasteiger partial charge >= 0.3 is 0 Å². The van der Waals surface area contributed by atoms with E-state index >= 15 is 0 Å².